The van der Waals surface area contributed by atoms with Crippen molar-refractivity contribution in [1.82, 2.24) is 5.32 Å². The molecule has 134 valence electrons. The van der Waals surface area contributed by atoms with Gasteiger partial charge < -0.3 is 19.7 Å². The normalized spacial score (nSPS) is 18.3. The number of rotatable bonds is 4. The number of hydrogen-bond acceptors (Lipinski definition) is 4. The Bertz CT molecular complexity index is 853. The van der Waals surface area contributed by atoms with E-state index >= 15 is 0 Å². The summed E-state index contributed by atoms with van der Waals surface area (Å²) in [6, 6.07) is 12.5. The summed E-state index contributed by atoms with van der Waals surface area (Å²) < 4.78 is 10.6. The Balaban J connectivity index is 1.38. The lowest BCUT2D eigenvalue weighted by Gasteiger charge is -2.17. The van der Waals surface area contributed by atoms with Crippen LogP contribution in [0.3, 0.4) is 0 Å². The van der Waals surface area contributed by atoms with Crippen molar-refractivity contribution < 1.29 is 19.1 Å². The van der Waals surface area contributed by atoms with Crippen LogP contribution in [0.15, 0.2) is 42.5 Å². The van der Waals surface area contributed by atoms with Gasteiger partial charge in [-0.3, -0.25) is 9.59 Å². The molecule has 0 saturated carbocycles. The second-order valence-electron chi connectivity index (χ2n) is 6.21. The van der Waals surface area contributed by atoms with E-state index in [9.17, 15) is 9.59 Å². The minimum Gasteiger partial charge on any atom is -0.454 e. The van der Waals surface area contributed by atoms with Gasteiger partial charge >= 0.3 is 0 Å². The summed E-state index contributed by atoms with van der Waals surface area (Å²) in [7, 11) is 0. The van der Waals surface area contributed by atoms with Crippen molar-refractivity contribution in [3.8, 4) is 11.5 Å². The summed E-state index contributed by atoms with van der Waals surface area (Å²) in [4.78, 5) is 26.7. The summed E-state index contributed by atoms with van der Waals surface area (Å²) in [6.07, 6.45) is 0.494. The Morgan fingerprint density at radius 3 is 2.73 bits per heavy atom. The zero-order valence-corrected chi connectivity index (χ0v) is 14.7. The van der Waals surface area contributed by atoms with Gasteiger partial charge in [0.25, 0.3) is 0 Å². The minimum absolute atomic E-state index is 0.185. The van der Waals surface area contributed by atoms with Crippen molar-refractivity contribution in [1.29, 1.82) is 0 Å². The van der Waals surface area contributed by atoms with Crippen molar-refractivity contribution in [2.75, 3.05) is 18.2 Å². The molecule has 2 aromatic carbocycles. The zero-order valence-electron chi connectivity index (χ0n) is 13.9. The van der Waals surface area contributed by atoms with Crippen LogP contribution < -0.4 is 19.7 Å². The fourth-order valence-electron chi connectivity index (χ4n) is 3.16. The second-order valence-corrected chi connectivity index (χ2v) is 6.65. The molecule has 1 atom stereocenters. The van der Waals surface area contributed by atoms with Gasteiger partial charge in [-0.15, -0.1) is 0 Å². The van der Waals surface area contributed by atoms with Crippen LogP contribution in [-0.2, 0) is 16.1 Å². The monoisotopic (exact) mass is 372 g/mol. The molecule has 2 aliphatic heterocycles. The Hall–Kier alpha value is -2.73. The van der Waals surface area contributed by atoms with Crippen LogP contribution in [0.5, 0.6) is 11.5 Å². The van der Waals surface area contributed by atoms with Gasteiger partial charge in [-0.2, -0.15) is 0 Å². The molecule has 0 bridgehead atoms. The average Bonchev–Trinajstić information content (AvgIpc) is 3.26. The van der Waals surface area contributed by atoms with Crippen molar-refractivity contribution in [3.05, 3.63) is 53.1 Å². The molecule has 4 rings (SSSR count). The second kappa shape index (κ2) is 6.88. The predicted molar refractivity (Wildman–Crippen MR) is 96.3 cm³/mol. The topological polar surface area (TPSA) is 67.9 Å². The molecule has 1 N–H and O–H groups in total. The number of halogens is 1. The van der Waals surface area contributed by atoms with Gasteiger partial charge in [0.2, 0.25) is 18.6 Å². The van der Waals surface area contributed by atoms with E-state index in [1.54, 1.807) is 29.2 Å². The van der Waals surface area contributed by atoms with Gasteiger partial charge in [0, 0.05) is 23.8 Å². The van der Waals surface area contributed by atoms with E-state index in [1.807, 2.05) is 18.2 Å². The first-order valence-corrected chi connectivity index (χ1v) is 8.73. The van der Waals surface area contributed by atoms with E-state index in [1.165, 1.54) is 0 Å². The molecule has 2 heterocycles. The molecule has 6 nitrogen and oxygen atoms in total. The van der Waals surface area contributed by atoms with Gasteiger partial charge in [0.05, 0.1) is 0 Å². The number of carbonyl (C=O) groups excluding carboxylic acids is 2. The van der Waals surface area contributed by atoms with Crippen LogP contribution in [0, 0.1) is 5.92 Å². The summed E-state index contributed by atoms with van der Waals surface area (Å²) in [6.45, 7) is 1.06. The van der Waals surface area contributed by atoms with Crippen LogP contribution in [-0.4, -0.2) is 25.2 Å². The number of nitrogens with zero attached hydrogens (tertiary/aromatic N) is 1. The Morgan fingerprint density at radius 2 is 1.92 bits per heavy atom. The predicted octanol–water partition coefficient (Wildman–Crippen LogP) is 2.74. The number of benzene rings is 2. The van der Waals surface area contributed by atoms with E-state index in [0.29, 0.717) is 36.0 Å². The molecule has 0 radical (unpaired) electrons. The first-order chi connectivity index (χ1) is 12.6. The number of hydrogen-bond donors (Lipinski definition) is 1. The van der Waals surface area contributed by atoms with Crippen LogP contribution in [0.1, 0.15) is 12.0 Å². The molecule has 1 saturated heterocycles. The minimum atomic E-state index is -0.667. The van der Waals surface area contributed by atoms with Crippen molar-refractivity contribution in [2.45, 2.75) is 13.0 Å². The Labute approximate surface area is 155 Å². The lowest BCUT2D eigenvalue weighted by Crippen LogP contribution is -2.36. The van der Waals surface area contributed by atoms with Gasteiger partial charge in [-0.1, -0.05) is 17.7 Å². The van der Waals surface area contributed by atoms with Crippen molar-refractivity contribution in [3.63, 3.8) is 0 Å². The third-order valence-electron chi connectivity index (χ3n) is 4.56. The SMILES string of the molecule is O=C(NCc1ccc2c(c1)OCO2)[C@H]1CCN(c2ccc(Cl)cc2)C1=O. The van der Waals surface area contributed by atoms with E-state index in [-0.39, 0.29) is 18.6 Å². The Morgan fingerprint density at radius 1 is 1.15 bits per heavy atom. The lowest BCUT2D eigenvalue weighted by atomic mass is 10.1. The maximum atomic E-state index is 12.6. The van der Waals surface area contributed by atoms with Gasteiger partial charge in [0.15, 0.2) is 11.5 Å². The zero-order chi connectivity index (χ0) is 18.1. The highest BCUT2D eigenvalue weighted by atomic mass is 35.5. The highest BCUT2D eigenvalue weighted by Crippen LogP contribution is 2.32. The molecule has 7 heteroatoms. The van der Waals surface area contributed by atoms with Crippen LogP contribution in [0.25, 0.3) is 0 Å². The first kappa shape index (κ1) is 16.7. The van der Waals surface area contributed by atoms with Gasteiger partial charge in [-0.25, -0.2) is 0 Å². The molecule has 2 aromatic rings. The van der Waals surface area contributed by atoms with E-state index in [4.69, 9.17) is 21.1 Å². The van der Waals surface area contributed by atoms with E-state index in [2.05, 4.69) is 5.32 Å². The number of amides is 2. The average molecular weight is 373 g/mol. The molecule has 26 heavy (non-hydrogen) atoms. The maximum absolute atomic E-state index is 12.6. The molecule has 2 amide bonds. The Kier molecular flexibility index (Phi) is 4.42. The molecule has 2 aliphatic rings. The molecule has 0 unspecified atom stereocenters. The standard InChI is InChI=1S/C19H17ClN2O4/c20-13-2-4-14(5-3-13)22-8-7-15(19(22)24)18(23)21-10-12-1-6-16-17(9-12)26-11-25-16/h1-6,9,15H,7-8,10-11H2,(H,21,23)/t15-/m1/s1. The third kappa shape index (κ3) is 3.20. The number of anilines is 1. The molecular formula is C19H17ClN2O4. The van der Waals surface area contributed by atoms with Crippen LogP contribution in [0.4, 0.5) is 5.69 Å². The number of nitrogens with one attached hydrogen (secondary N) is 1. The van der Waals surface area contributed by atoms with E-state index < -0.39 is 5.92 Å². The lowest BCUT2D eigenvalue weighted by molar-refractivity contribution is -0.132. The summed E-state index contributed by atoms with van der Waals surface area (Å²) in [5.41, 5.74) is 1.65. The fourth-order valence-corrected chi connectivity index (χ4v) is 3.29. The number of carbonyl (C=O) groups is 2. The maximum Gasteiger partial charge on any atom is 0.239 e. The summed E-state index contributed by atoms with van der Waals surface area (Å²) in [5.74, 6) is 0.256. The summed E-state index contributed by atoms with van der Waals surface area (Å²) in [5, 5.41) is 3.45. The van der Waals surface area contributed by atoms with Crippen LogP contribution >= 0.6 is 11.6 Å². The highest BCUT2D eigenvalue weighted by molar-refractivity contribution is 6.30. The smallest absolute Gasteiger partial charge is 0.239 e. The molecule has 0 spiro atoms. The quantitative estimate of drug-likeness (QED) is 0.838. The fraction of sp³-hybridized carbons (Fsp3) is 0.263. The number of fused-ring (bicyclic) bond motifs is 1. The third-order valence-corrected chi connectivity index (χ3v) is 4.82. The molecular weight excluding hydrogens is 356 g/mol. The number of ether oxygens (including phenoxy) is 2. The molecule has 1 fully saturated rings. The van der Waals surface area contributed by atoms with Crippen LogP contribution in [0.2, 0.25) is 5.02 Å². The van der Waals surface area contributed by atoms with Crippen molar-refractivity contribution in [2.24, 2.45) is 5.92 Å². The molecule has 0 aromatic heterocycles. The van der Waals surface area contributed by atoms with E-state index in [0.717, 1.165) is 11.3 Å². The summed E-state index contributed by atoms with van der Waals surface area (Å²) >= 11 is 5.88. The first-order valence-electron chi connectivity index (χ1n) is 8.35. The largest absolute Gasteiger partial charge is 0.454 e. The van der Waals surface area contributed by atoms with Gasteiger partial charge in [-0.05, 0) is 48.4 Å². The molecule has 0 aliphatic carbocycles. The highest BCUT2D eigenvalue weighted by Gasteiger charge is 2.37. The van der Waals surface area contributed by atoms with Gasteiger partial charge in [0.1, 0.15) is 5.92 Å². The van der Waals surface area contributed by atoms with Crippen molar-refractivity contribution >= 4 is 29.1 Å².